The van der Waals surface area contributed by atoms with Gasteiger partial charge in [-0.3, -0.25) is 0 Å². The summed E-state index contributed by atoms with van der Waals surface area (Å²) in [4.78, 5) is 22.1. The molecule has 1 aliphatic rings. The Kier molecular flexibility index (Phi) is 18.3. The first-order valence-electron chi connectivity index (χ1n) is 15.9. The molecule has 1 aliphatic heterocycles. The van der Waals surface area contributed by atoms with Gasteiger partial charge in [0.05, 0.1) is 36.1 Å². The largest absolute Gasteiger partial charge is 0.443 e. The first kappa shape index (κ1) is 39.9. The number of hydrogen-bond acceptors (Lipinski definition) is 9. The van der Waals surface area contributed by atoms with Gasteiger partial charge in [0.15, 0.2) is 0 Å². The highest BCUT2D eigenvalue weighted by Crippen LogP contribution is 2.37. The number of aldehydes is 1. The zero-order valence-corrected chi connectivity index (χ0v) is 28.1. The maximum atomic E-state index is 11.5. The molecule has 0 spiro atoms. The molecule has 11 atom stereocenters. The lowest BCUT2D eigenvalue weighted by atomic mass is 9.89. The molecule has 44 heavy (non-hydrogen) atoms. The predicted octanol–water partition coefficient (Wildman–Crippen LogP) is 4.64. The first-order chi connectivity index (χ1) is 20.7. The third-order valence-corrected chi connectivity index (χ3v) is 8.74. The van der Waals surface area contributed by atoms with Crippen molar-refractivity contribution in [2.24, 2.45) is 23.5 Å². The fraction of sp³-hybridized carbons (Fsp3) is 0.765. The first-order valence-corrected chi connectivity index (χ1v) is 15.9. The molecule has 0 saturated carbocycles. The smallest absolute Gasteiger partial charge is 0.404 e. The van der Waals surface area contributed by atoms with Gasteiger partial charge in [-0.2, -0.15) is 0 Å². The summed E-state index contributed by atoms with van der Waals surface area (Å²) in [6.07, 6.45) is 9.97. The molecule has 1 saturated heterocycles. The van der Waals surface area contributed by atoms with E-state index in [0.717, 1.165) is 18.4 Å². The SMILES string of the molecule is CCCC(OC)C(C)C1OC1C(O)C(C)/C=C/C=C(\C)C(OC)C(C)C/C=C/CC(OC(N)=O)C(C)(O)CCC(O)CC=O. The summed E-state index contributed by atoms with van der Waals surface area (Å²) in [5.74, 6) is 0.257. The molecule has 0 aromatic carbocycles. The molecule has 1 fully saturated rings. The molecule has 10 nitrogen and oxygen atoms in total. The second-order valence-corrected chi connectivity index (χ2v) is 12.6. The van der Waals surface area contributed by atoms with Crippen molar-refractivity contribution < 1.29 is 43.9 Å². The van der Waals surface area contributed by atoms with Crippen LogP contribution in [0.25, 0.3) is 0 Å². The third kappa shape index (κ3) is 13.5. The van der Waals surface area contributed by atoms with Crippen molar-refractivity contribution in [3.63, 3.8) is 0 Å². The Morgan fingerprint density at radius 3 is 2.27 bits per heavy atom. The van der Waals surface area contributed by atoms with Crippen LogP contribution in [-0.2, 0) is 23.7 Å². The van der Waals surface area contributed by atoms with Gasteiger partial charge in [0, 0.05) is 38.9 Å². The van der Waals surface area contributed by atoms with E-state index in [9.17, 15) is 24.9 Å². The zero-order chi connectivity index (χ0) is 33.4. The summed E-state index contributed by atoms with van der Waals surface area (Å²) in [6, 6.07) is 0. The number of primary amides is 1. The van der Waals surface area contributed by atoms with Crippen molar-refractivity contribution >= 4 is 12.4 Å². The summed E-state index contributed by atoms with van der Waals surface area (Å²) in [7, 11) is 3.40. The Morgan fingerprint density at radius 1 is 1.05 bits per heavy atom. The number of ether oxygens (including phenoxy) is 4. The number of allylic oxidation sites excluding steroid dienone is 3. The number of nitrogens with two attached hydrogens (primary N) is 1. The summed E-state index contributed by atoms with van der Waals surface area (Å²) in [5.41, 5.74) is 4.83. The van der Waals surface area contributed by atoms with Crippen molar-refractivity contribution in [1.82, 2.24) is 0 Å². The number of amides is 1. The van der Waals surface area contributed by atoms with Crippen molar-refractivity contribution in [2.75, 3.05) is 14.2 Å². The molecule has 10 heteroatoms. The number of methoxy groups -OCH3 is 2. The van der Waals surface area contributed by atoms with Crippen LogP contribution in [0.2, 0.25) is 0 Å². The van der Waals surface area contributed by atoms with Gasteiger partial charge in [0.25, 0.3) is 0 Å². The number of epoxide rings is 1. The Morgan fingerprint density at radius 2 is 1.70 bits per heavy atom. The standard InChI is InChI=1S/C34H59NO9/c1-9-13-27(41-7)25(5)31-32(44-31)29(38)22(2)15-12-16-24(4)30(42-8)23(3)14-10-11-17-28(43-33(35)39)34(6,40)20-18-26(37)19-21-36/h10-12,15-16,21-23,25-32,37-38,40H,9,13-14,17-20H2,1-8H3,(H2,35,39)/b11-10+,15-12+,24-16+. The topological polar surface area (TPSA) is 161 Å². The highest BCUT2D eigenvalue weighted by molar-refractivity contribution is 5.65. The highest BCUT2D eigenvalue weighted by Gasteiger charge is 2.50. The Bertz CT molecular complexity index is 934. The van der Waals surface area contributed by atoms with Crippen molar-refractivity contribution in [1.29, 1.82) is 0 Å². The van der Waals surface area contributed by atoms with Crippen LogP contribution in [0.5, 0.6) is 0 Å². The van der Waals surface area contributed by atoms with Crippen LogP contribution in [0.15, 0.2) is 36.0 Å². The Labute approximate surface area is 264 Å². The molecular weight excluding hydrogens is 566 g/mol. The van der Waals surface area contributed by atoms with Crippen molar-refractivity contribution in [3.05, 3.63) is 36.0 Å². The minimum Gasteiger partial charge on any atom is -0.443 e. The van der Waals surface area contributed by atoms with Crippen LogP contribution in [0.1, 0.15) is 86.5 Å². The molecule has 1 amide bonds. The number of carbonyl (C=O) groups is 2. The molecule has 0 bridgehead atoms. The van der Waals surface area contributed by atoms with Gasteiger partial charge in [-0.05, 0) is 51.0 Å². The Balaban J connectivity index is 2.70. The summed E-state index contributed by atoms with van der Waals surface area (Å²) >= 11 is 0. The molecule has 1 rings (SSSR count). The van der Waals surface area contributed by atoms with E-state index in [1.54, 1.807) is 14.2 Å². The Hall–Kier alpha value is -2.08. The maximum absolute atomic E-state index is 11.5. The van der Waals surface area contributed by atoms with Gasteiger partial charge in [-0.1, -0.05) is 64.5 Å². The monoisotopic (exact) mass is 625 g/mol. The lowest BCUT2D eigenvalue weighted by Crippen LogP contribution is -2.43. The minimum atomic E-state index is -1.44. The van der Waals surface area contributed by atoms with Crippen molar-refractivity contribution in [2.45, 2.75) is 135 Å². The summed E-state index contributed by atoms with van der Waals surface area (Å²) in [6.45, 7) is 11.8. The van der Waals surface area contributed by atoms with E-state index in [2.05, 4.69) is 20.8 Å². The van der Waals surface area contributed by atoms with Crippen molar-refractivity contribution in [3.8, 4) is 0 Å². The van der Waals surface area contributed by atoms with Crippen LogP contribution in [0.4, 0.5) is 4.79 Å². The minimum absolute atomic E-state index is 0.00600. The van der Waals surface area contributed by atoms with Crippen LogP contribution >= 0.6 is 0 Å². The van der Waals surface area contributed by atoms with E-state index in [1.165, 1.54) is 6.92 Å². The normalized spacial score (nSPS) is 24.2. The fourth-order valence-electron chi connectivity index (χ4n) is 5.76. The average molecular weight is 626 g/mol. The molecule has 0 aromatic rings. The second kappa shape index (κ2) is 20.1. The van der Waals surface area contributed by atoms with Crippen LogP contribution in [0, 0.1) is 17.8 Å². The maximum Gasteiger partial charge on any atom is 0.404 e. The lowest BCUT2D eigenvalue weighted by Gasteiger charge is -2.32. The van der Waals surface area contributed by atoms with E-state index < -0.39 is 30.0 Å². The number of rotatable bonds is 23. The molecule has 0 aromatic heterocycles. The van der Waals surface area contributed by atoms with E-state index in [0.29, 0.717) is 12.7 Å². The average Bonchev–Trinajstić information content (AvgIpc) is 3.77. The fourth-order valence-corrected chi connectivity index (χ4v) is 5.76. The van der Waals surface area contributed by atoms with E-state index in [-0.39, 0.29) is 67.9 Å². The van der Waals surface area contributed by atoms with E-state index >= 15 is 0 Å². The number of carbonyl (C=O) groups excluding carboxylic acids is 2. The van der Waals surface area contributed by atoms with Crippen LogP contribution < -0.4 is 5.73 Å². The van der Waals surface area contributed by atoms with E-state index in [4.69, 9.17) is 24.7 Å². The van der Waals surface area contributed by atoms with Crippen LogP contribution in [0.3, 0.4) is 0 Å². The van der Waals surface area contributed by atoms with Gasteiger partial charge in [0.2, 0.25) is 0 Å². The molecule has 1 heterocycles. The molecule has 254 valence electrons. The number of aliphatic hydroxyl groups excluding tert-OH is 2. The second-order valence-electron chi connectivity index (χ2n) is 12.6. The number of hydrogen-bond donors (Lipinski definition) is 4. The van der Waals surface area contributed by atoms with Gasteiger partial charge >= 0.3 is 6.09 Å². The van der Waals surface area contributed by atoms with Gasteiger partial charge in [0.1, 0.15) is 18.5 Å². The number of aliphatic hydroxyl groups is 3. The quantitative estimate of drug-likeness (QED) is 0.0549. The lowest BCUT2D eigenvalue weighted by molar-refractivity contribution is -0.110. The zero-order valence-electron chi connectivity index (χ0n) is 28.1. The highest BCUT2D eigenvalue weighted by atomic mass is 16.6. The van der Waals surface area contributed by atoms with Gasteiger partial charge in [-0.15, -0.1) is 0 Å². The summed E-state index contributed by atoms with van der Waals surface area (Å²) < 4.78 is 22.5. The summed E-state index contributed by atoms with van der Waals surface area (Å²) in [5, 5.41) is 31.6. The molecular formula is C34H59NO9. The third-order valence-electron chi connectivity index (χ3n) is 8.74. The van der Waals surface area contributed by atoms with Gasteiger partial charge < -0.3 is 44.8 Å². The molecule has 0 aliphatic carbocycles. The molecule has 5 N–H and O–H groups in total. The van der Waals surface area contributed by atoms with Crippen LogP contribution in [-0.4, -0.2) is 90.2 Å². The van der Waals surface area contributed by atoms with E-state index in [1.807, 2.05) is 44.2 Å². The predicted molar refractivity (Wildman–Crippen MR) is 171 cm³/mol. The molecule has 0 radical (unpaired) electrons. The van der Waals surface area contributed by atoms with Gasteiger partial charge in [-0.25, -0.2) is 4.79 Å². The molecule has 11 unspecified atom stereocenters.